The standard InChI is InChI=1S/C44H38Cl2N4O6/c1-26(51)50-24-42(32-12-14-35(15-13-32)55-25-29-7-16-36(45)37(46)17-29)56-41-21-34-23-48-38(19-33(34)20-40(41)50)43(52)49-39(44(53)54-2)18-27-3-8-30(9-4-27)31-10-5-28(22-47)6-11-31/h3-17,20-21,38-39,42,48H,18-19,23-25H2,1-2H3,(H,49,52)/t38?,39-,42?/m0/s1. The maximum absolute atomic E-state index is 13.6. The first-order chi connectivity index (χ1) is 27.1. The van der Waals surface area contributed by atoms with Crippen molar-refractivity contribution in [1.82, 2.24) is 10.6 Å². The van der Waals surface area contributed by atoms with Crippen LogP contribution >= 0.6 is 23.2 Å². The maximum Gasteiger partial charge on any atom is 0.328 e. The van der Waals surface area contributed by atoms with Crippen molar-refractivity contribution < 1.29 is 28.6 Å². The lowest BCUT2D eigenvalue weighted by Gasteiger charge is -2.36. The number of hydrogen-bond donors (Lipinski definition) is 2. The Balaban J connectivity index is 1.00. The normalized spacial score (nSPS) is 16.3. The molecule has 0 saturated heterocycles. The Morgan fingerprint density at radius 3 is 2.27 bits per heavy atom. The lowest BCUT2D eigenvalue weighted by Crippen LogP contribution is -2.53. The first kappa shape index (κ1) is 38.4. The molecule has 0 aromatic heterocycles. The van der Waals surface area contributed by atoms with Crippen molar-refractivity contribution in [2.24, 2.45) is 0 Å². The smallest absolute Gasteiger partial charge is 0.328 e. The average molecular weight is 790 g/mol. The molecule has 5 aromatic rings. The van der Waals surface area contributed by atoms with Crippen LogP contribution in [0.5, 0.6) is 11.5 Å². The fourth-order valence-corrected chi connectivity index (χ4v) is 7.26. The predicted octanol–water partition coefficient (Wildman–Crippen LogP) is 7.51. The zero-order chi connectivity index (χ0) is 39.3. The Labute approximate surface area is 334 Å². The van der Waals surface area contributed by atoms with Gasteiger partial charge in [0.1, 0.15) is 30.3 Å². The van der Waals surface area contributed by atoms with Crippen molar-refractivity contribution in [3.05, 3.63) is 147 Å². The van der Waals surface area contributed by atoms with Gasteiger partial charge in [-0.15, -0.1) is 0 Å². The molecule has 0 spiro atoms. The first-order valence-corrected chi connectivity index (χ1v) is 18.8. The van der Waals surface area contributed by atoms with Crippen LogP contribution in [0, 0.1) is 11.3 Å². The Bertz CT molecular complexity index is 2310. The van der Waals surface area contributed by atoms with Crippen molar-refractivity contribution in [2.45, 2.75) is 51.1 Å². The maximum atomic E-state index is 13.6. The van der Waals surface area contributed by atoms with E-state index >= 15 is 0 Å². The number of amides is 2. The highest BCUT2D eigenvalue weighted by molar-refractivity contribution is 6.42. The van der Waals surface area contributed by atoms with Crippen molar-refractivity contribution in [3.63, 3.8) is 0 Å². The first-order valence-electron chi connectivity index (χ1n) is 18.1. The molecule has 0 aliphatic carbocycles. The number of nitriles is 1. The third kappa shape index (κ3) is 8.66. The minimum Gasteiger partial charge on any atom is -0.489 e. The van der Waals surface area contributed by atoms with Crippen LogP contribution in [-0.2, 0) is 45.1 Å². The number of ether oxygens (including phenoxy) is 3. The van der Waals surface area contributed by atoms with Crippen molar-refractivity contribution in [1.29, 1.82) is 5.26 Å². The SMILES string of the molecule is COC(=O)[C@H](Cc1ccc(-c2ccc(C#N)cc2)cc1)NC(=O)C1Cc2cc3c(cc2CN1)OC(c1ccc(OCc2ccc(Cl)c(Cl)c2)cc1)CN3C(C)=O. The Hall–Kier alpha value is -5.86. The highest BCUT2D eigenvalue weighted by atomic mass is 35.5. The van der Waals surface area contributed by atoms with E-state index in [0.29, 0.717) is 58.9 Å². The fraction of sp³-hybridized carbons (Fsp3) is 0.227. The number of halogens is 2. The van der Waals surface area contributed by atoms with Crippen molar-refractivity contribution in [3.8, 4) is 28.7 Å². The van der Waals surface area contributed by atoms with Crippen molar-refractivity contribution >= 4 is 46.7 Å². The average Bonchev–Trinajstić information content (AvgIpc) is 3.22. The molecule has 56 heavy (non-hydrogen) atoms. The number of carbonyl (C=O) groups excluding carboxylic acids is 3. The summed E-state index contributed by atoms with van der Waals surface area (Å²) in [6, 6.07) is 32.4. The molecule has 284 valence electrons. The minimum absolute atomic E-state index is 0.129. The van der Waals surface area contributed by atoms with E-state index in [1.165, 1.54) is 14.0 Å². The Morgan fingerprint density at radius 2 is 1.61 bits per heavy atom. The summed E-state index contributed by atoms with van der Waals surface area (Å²) in [7, 11) is 1.30. The number of hydrogen-bond acceptors (Lipinski definition) is 8. The molecule has 0 radical (unpaired) electrons. The van der Waals surface area contributed by atoms with Gasteiger partial charge in [-0.2, -0.15) is 5.26 Å². The summed E-state index contributed by atoms with van der Waals surface area (Å²) in [4.78, 5) is 41.2. The molecule has 2 aliphatic heterocycles. The van der Waals surface area contributed by atoms with Gasteiger partial charge in [-0.05, 0) is 93.9 Å². The van der Waals surface area contributed by atoms with Crippen LogP contribution in [0.4, 0.5) is 5.69 Å². The topological polar surface area (TPSA) is 130 Å². The molecule has 2 heterocycles. The van der Waals surface area contributed by atoms with Crippen LogP contribution in [0.2, 0.25) is 10.0 Å². The number of fused-ring (bicyclic) bond motifs is 2. The minimum atomic E-state index is -0.901. The Kier molecular flexibility index (Phi) is 11.6. The number of nitrogens with one attached hydrogen (secondary N) is 2. The lowest BCUT2D eigenvalue weighted by molar-refractivity contribution is -0.145. The van der Waals surface area contributed by atoms with Crippen LogP contribution in [0.25, 0.3) is 11.1 Å². The van der Waals surface area contributed by atoms with Gasteiger partial charge in [0.2, 0.25) is 11.8 Å². The van der Waals surface area contributed by atoms with E-state index in [0.717, 1.165) is 38.9 Å². The van der Waals surface area contributed by atoms with Gasteiger partial charge in [-0.1, -0.05) is 77.8 Å². The summed E-state index contributed by atoms with van der Waals surface area (Å²) in [6.45, 7) is 2.55. The number of esters is 1. The highest BCUT2D eigenvalue weighted by Gasteiger charge is 2.34. The third-order valence-electron chi connectivity index (χ3n) is 10.0. The van der Waals surface area contributed by atoms with E-state index in [9.17, 15) is 14.4 Å². The lowest BCUT2D eigenvalue weighted by atomic mass is 9.93. The van der Waals surface area contributed by atoms with Crippen LogP contribution in [0.15, 0.2) is 103 Å². The summed E-state index contributed by atoms with van der Waals surface area (Å²) in [6.07, 6.45) is 0.176. The molecule has 3 atom stereocenters. The summed E-state index contributed by atoms with van der Waals surface area (Å²) in [5, 5.41) is 16.2. The molecule has 7 rings (SSSR count). The third-order valence-corrected chi connectivity index (χ3v) is 10.8. The van der Waals surface area contributed by atoms with E-state index in [1.54, 1.807) is 29.2 Å². The van der Waals surface area contributed by atoms with Crippen LogP contribution in [0.3, 0.4) is 0 Å². The molecule has 0 bridgehead atoms. The molecular weight excluding hydrogens is 751 g/mol. The summed E-state index contributed by atoms with van der Waals surface area (Å²) in [5.41, 5.74) is 7.65. The summed E-state index contributed by atoms with van der Waals surface area (Å²) >= 11 is 12.2. The molecule has 12 heteroatoms. The van der Waals surface area contributed by atoms with Gasteiger partial charge in [0.25, 0.3) is 0 Å². The summed E-state index contributed by atoms with van der Waals surface area (Å²) < 4.78 is 17.5. The second kappa shape index (κ2) is 16.9. The molecule has 2 N–H and O–H groups in total. The van der Waals surface area contributed by atoms with Crippen molar-refractivity contribution in [2.75, 3.05) is 18.6 Å². The number of methoxy groups -OCH3 is 1. The van der Waals surface area contributed by atoms with Gasteiger partial charge in [0, 0.05) is 19.9 Å². The molecule has 5 aromatic carbocycles. The van der Waals surface area contributed by atoms with E-state index in [2.05, 4.69) is 16.7 Å². The second-order valence-corrected chi connectivity index (χ2v) is 14.6. The van der Waals surface area contributed by atoms with E-state index in [4.69, 9.17) is 42.7 Å². The Morgan fingerprint density at radius 1 is 0.911 bits per heavy atom. The monoisotopic (exact) mass is 788 g/mol. The quantitative estimate of drug-likeness (QED) is 0.139. The molecule has 2 amide bonds. The van der Waals surface area contributed by atoms with Gasteiger partial charge in [-0.3, -0.25) is 9.59 Å². The van der Waals surface area contributed by atoms with Gasteiger partial charge in [-0.25, -0.2) is 4.79 Å². The van der Waals surface area contributed by atoms with Gasteiger partial charge in [0.15, 0.2) is 0 Å². The zero-order valence-electron chi connectivity index (χ0n) is 30.7. The van der Waals surface area contributed by atoms with Gasteiger partial charge in [0.05, 0.1) is 47.1 Å². The van der Waals surface area contributed by atoms with E-state index in [-0.39, 0.29) is 18.2 Å². The molecule has 0 fully saturated rings. The molecule has 10 nitrogen and oxygen atoms in total. The number of rotatable bonds is 10. The van der Waals surface area contributed by atoms with Gasteiger partial charge < -0.3 is 29.7 Å². The number of benzene rings is 5. The molecule has 2 aliphatic rings. The van der Waals surface area contributed by atoms with Gasteiger partial charge >= 0.3 is 5.97 Å². The van der Waals surface area contributed by atoms with Crippen LogP contribution in [-0.4, -0.2) is 43.5 Å². The summed E-state index contributed by atoms with van der Waals surface area (Å²) in [5.74, 6) is 0.244. The largest absolute Gasteiger partial charge is 0.489 e. The molecule has 0 saturated carbocycles. The van der Waals surface area contributed by atoms with E-state index < -0.39 is 24.2 Å². The highest BCUT2D eigenvalue weighted by Crippen LogP contribution is 2.41. The van der Waals surface area contributed by atoms with E-state index in [1.807, 2.05) is 78.9 Å². The zero-order valence-corrected chi connectivity index (χ0v) is 32.2. The number of nitrogens with zero attached hydrogens (tertiary/aromatic N) is 2. The second-order valence-electron chi connectivity index (χ2n) is 13.7. The molecule has 2 unspecified atom stereocenters. The molecular formula is C44H38Cl2N4O6. The fourth-order valence-electron chi connectivity index (χ4n) is 6.94. The number of anilines is 1. The van der Waals surface area contributed by atoms with Crippen LogP contribution in [0.1, 0.15) is 46.4 Å². The predicted molar refractivity (Wildman–Crippen MR) is 214 cm³/mol. The number of carbonyl (C=O) groups is 3. The van der Waals surface area contributed by atoms with Crippen LogP contribution < -0.4 is 25.0 Å².